The van der Waals surface area contributed by atoms with E-state index in [1.54, 1.807) is 0 Å². The minimum absolute atomic E-state index is 0.326. The van der Waals surface area contributed by atoms with Crippen molar-refractivity contribution in [3.8, 4) is 0 Å². The van der Waals surface area contributed by atoms with Gasteiger partial charge >= 0.3 is 0 Å². The van der Waals surface area contributed by atoms with Gasteiger partial charge in [0.2, 0.25) is 0 Å². The molecule has 2 heterocycles. The molecule has 0 aromatic carbocycles. The zero-order valence-corrected chi connectivity index (χ0v) is 11.4. The highest BCUT2D eigenvalue weighted by Crippen LogP contribution is 2.19. The Kier molecular flexibility index (Phi) is 4.36. The average molecular weight is 250 g/mol. The molecule has 18 heavy (non-hydrogen) atoms. The minimum atomic E-state index is 0.326. The second-order valence-corrected chi connectivity index (χ2v) is 4.76. The van der Waals surface area contributed by atoms with Crippen LogP contribution in [0.3, 0.4) is 0 Å². The van der Waals surface area contributed by atoms with Gasteiger partial charge in [0.15, 0.2) is 0 Å². The van der Waals surface area contributed by atoms with Gasteiger partial charge in [-0.15, -0.1) is 0 Å². The van der Waals surface area contributed by atoms with Gasteiger partial charge in [-0.25, -0.2) is 9.97 Å². The summed E-state index contributed by atoms with van der Waals surface area (Å²) in [6.45, 7) is 7.78. The van der Waals surface area contributed by atoms with E-state index in [-0.39, 0.29) is 0 Å². The van der Waals surface area contributed by atoms with Gasteiger partial charge in [0.1, 0.15) is 17.5 Å². The number of aromatic nitrogens is 2. The molecule has 1 aromatic heterocycles. The minimum Gasteiger partial charge on any atom is -0.378 e. The Morgan fingerprint density at radius 2 is 2.17 bits per heavy atom. The Morgan fingerprint density at radius 3 is 2.89 bits per heavy atom. The molecule has 0 spiro atoms. The zero-order valence-electron chi connectivity index (χ0n) is 11.4. The number of ether oxygens (including phenoxy) is 1. The Hall–Kier alpha value is -1.36. The van der Waals surface area contributed by atoms with Crippen LogP contribution in [0.25, 0.3) is 0 Å². The van der Waals surface area contributed by atoms with Crippen LogP contribution >= 0.6 is 0 Å². The number of anilines is 2. The van der Waals surface area contributed by atoms with Gasteiger partial charge in [-0.3, -0.25) is 0 Å². The Bertz CT molecular complexity index is 397. The quantitative estimate of drug-likeness (QED) is 0.858. The fourth-order valence-corrected chi connectivity index (χ4v) is 2.25. The topological polar surface area (TPSA) is 59.1 Å². The highest BCUT2D eigenvalue weighted by Gasteiger charge is 2.19. The smallest absolute Gasteiger partial charge is 0.132 e. The third kappa shape index (κ3) is 3.57. The van der Waals surface area contributed by atoms with E-state index in [9.17, 15) is 0 Å². The van der Waals surface area contributed by atoms with Crippen LogP contribution in [0.4, 0.5) is 11.6 Å². The first-order chi connectivity index (χ1) is 8.67. The summed E-state index contributed by atoms with van der Waals surface area (Å²) in [4.78, 5) is 8.78. The largest absolute Gasteiger partial charge is 0.378 e. The van der Waals surface area contributed by atoms with E-state index in [4.69, 9.17) is 4.74 Å². The summed E-state index contributed by atoms with van der Waals surface area (Å²) in [5.74, 6) is 2.57. The predicted molar refractivity (Wildman–Crippen MR) is 73.0 cm³/mol. The fourth-order valence-electron chi connectivity index (χ4n) is 2.25. The molecular weight excluding hydrogens is 228 g/mol. The number of hydrogen-bond donors (Lipinski definition) is 2. The molecule has 100 valence electrons. The summed E-state index contributed by atoms with van der Waals surface area (Å²) in [5, 5.41) is 6.70. The molecule has 0 amide bonds. The summed E-state index contributed by atoms with van der Waals surface area (Å²) in [5.41, 5.74) is 0. The van der Waals surface area contributed by atoms with Crippen molar-refractivity contribution in [2.45, 2.75) is 45.8 Å². The van der Waals surface area contributed by atoms with Gasteiger partial charge in [0.05, 0.1) is 6.10 Å². The molecule has 0 bridgehead atoms. The lowest BCUT2D eigenvalue weighted by atomic mass is 10.0. The van der Waals surface area contributed by atoms with E-state index in [2.05, 4.69) is 34.4 Å². The van der Waals surface area contributed by atoms with E-state index in [0.29, 0.717) is 12.1 Å². The summed E-state index contributed by atoms with van der Waals surface area (Å²) in [7, 11) is 0. The maximum absolute atomic E-state index is 5.55. The average Bonchev–Trinajstić information content (AvgIpc) is 2.28. The van der Waals surface area contributed by atoms with Crippen molar-refractivity contribution < 1.29 is 4.74 Å². The molecule has 1 aromatic rings. The summed E-state index contributed by atoms with van der Waals surface area (Å²) >= 11 is 0. The number of aryl methyl sites for hydroxylation is 1. The van der Waals surface area contributed by atoms with Crippen molar-refractivity contribution in [1.82, 2.24) is 9.97 Å². The van der Waals surface area contributed by atoms with Crippen LogP contribution in [0.2, 0.25) is 0 Å². The lowest BCUT2D eigenvalue weighted by Gasteiger charge is -2.28. The second-order valence-electron chi connectivity index (χ2n) is 4.76. The molecule has 2 atom stereocenters. The number of nitrogens with one attached hydrogen (secondary N) is 2. The first kappa shape index (κ1) is 13.1. The lowest BCUT2D eigenvalue weighted by Crippen LogP contribution is -2.32. The van der Waals surface area contributed by atoms with Crippen LogP contribution < -0.4 is 10.6 Å². The van der Waals surface area contributed by atoms with E-state index in [1.165, 1.54) is 0 Å². The van der Waals surface area contributed by atoms with Crippen LogP contribution in [-0.4, -0.2) is 35.3 Å². The SMILES string of the molecule is CCNc1cc(NC2CCOC(C)C2)nc(C)n1. The van der Waals surface area contributed by atoms with Crippen molar-refractivity contribution in [2.24, 2.45) is 0 Å². The maximum atomic E-state index is 5.55. The lowest BCUT2D eigenvalue weighted by molar-refractivity contribution is 0.0232. The third-order valence-electron chi connectivity index (χ3n) is 3.03. The molecule has 5 nitrogen and oxygen atoms in total. The Labute approximate surface area is 108 Å². The molecule has 0 radical (unpaired) electrons. The van der Waals surface area contributed by atoms with Crippen LogP contribution in [0, 0.1) is 6.92 Å². The zero-order chi connectivity index (χ0) is 13.0. The normalized spacial score (nSPS) is 23.7. The van der Waals surface area contributed by atoms with Crippen molar-refractivity contribution in [2.75, 3.05) is 23.8 Å². The first-order valence-corrected chi connectivity index (χ1v) is 6.65. The third-order valence-corrected chi connectivity index (χ3v) is 3.03. The van der Waals surface area contributed by atoms with Crippen LogP contribution in [0.1, 0.15) is 32.5 Å². The van der Waals surface area contributed by atoms with Crippen molar-refractivity contribution in [3.05, 3.63) is 11.9 Å². The van der Waals surface area contributed by atoms with Gasteiger partial charge in [0.25, 0.3) is 0 Å². The monoisotopic (exact) mass is 250 g/mol. The fraction of sp³-hybridized carbons (Fsp3) is 0.692. The Balaban J connectivity index is 2.03. The van der Waals surface area contributed by atoms with Gasteiger partial charge in [-0.2, -0.15) is 0 Å². The highest BCUT2D eigenvalue weighted by atomic mass is 16.5. The predicted octanol–water partition coefficient (Wildman–Crippen LogP) is 2.20. The number of rotatable bonds is 4. The van der Waals surface area contributed by atoms with E-state index in [0.717, 1.165) is 43.5 Å². The maximum Gasteiger partial charge on any atom is 0.132 e. The standard InChI is InChI=1S/C13H22N4O/c1-4-14-12-8-13(16-10(3)15-12)17-11-5-6-18-9(2)7-11/h8-9,11H,4-7H2,1-3H3,(H2,14,15,16,17). The first-order valence-electron chi connectivity index (χ1n) is 6.65. The molecule has 2 rings (SSSR count). The van der Waals surface area contributed by atoms with Crippen molar-refractivity contribution in [1.29, 1.82) is 0 Å². The molecule has 1 aliphatic rings. The molecule has 1 fully saturated rings. The van der Waals surface area contributed by atoms with Gasteiger partial charge in [-0.1, -0.05) is 0 Å². The molecule has 1 aliphatic heterocycles. The van der Waals surface area contributed by atoms with Crippen LogP contribution in [-0.2, 0) is 4.74 Å². The number of nitrogens with zero attached hydrogens (tertiary/aromatic N) is 2. The van der Waals surface area contributed by atoms with Crippen LogP contribution in [0.15, 0.2) is 6.07 Å². The highest BCUT2D eigenvalue weighted by molar-refractivity contribution is 5.48. The molecular formula is C13H22N4O. The molecule has 5 heteroatoms. The number of hydrogen-bond acceptors (Lipinski definition) is 5. The van der Waals surface area contributed by atoms with E-state index >= 15 is 0 Å². The molecule has 0 aliphatic carbocycles. The molecule has 2 N–H and O–H groups in total. The Morgan fingerprint density at radius 1 is 1.39 bits per heavy atom. The summed E-state index contributed by atoms with van der Waals surface area (Å²) in [6, 6.07) is 2.41. The van der Waals surface area contributed by atoms with Gasteiger partial charge in [-0.05, 0) is 33.6 Å². The van der Waals surface area contributed by atoms with Crippen molar-refractivity contribution >= 4 is 11.6 Å². The molecule has 2 unspecified atom stereocenters. The second kappa shape index (κ2) is 6.00. The van der Waals surface area contributed by atoms with Gasteiger partial charge < -0.3 is 15.4 Å². The molecule has 1 saturated heterocycles. The van der Waals surface area contributed by atoms with Crippen molar-refractivity contribution in [3.63, 3.8) is 0 Å². The van der Waals surface area contributed by atoms with Crippen LogP contribution in [0.5, 0.6) is 0 Å². The van der Waals surface area contributed by atoms with E-state index in [1.807, 2.05) is 13.0 Å². The molecule has 0 saturated carbocycles. The van der Waals surface area contributed by atoms with E-state index < -0.39 is 0 Å². The van der Waals surface area contributed by atoms with Gasteiger partial charge in [0, 0.05) is 25.3 Å². The summed E-state index contributed by atoms with van der Waals surface area (Å²) < 4.78 is 5.55. The summed E-state index contributed by atoms with van der Waals surface area (Å²) in [6.07, 6.45) is 2.39.